The molecule has 2 amide bonds. The lowest BCUT2D eigenvalue weighted by Gasteiger charge is -2.34. The summed E-state index contributed by atoms with van der Waals surface area (Å²) in [5.41, 5.74) is 1.55. The fourth-order valence-electron chi connectivity index (χ4n) is 4.20. The Labute approximate surface area is 238 Å². The number of anilines is 1. The first-order valence-electron chi connectivity index (χ1n) is 13.3. The second-order valence-electron chi connectivity index (χ2n) is 10.6. The minimum absolute atomic E-state index is 0.0399. The number of nitrogens with zero attached hydrogens (tertiary/aromatic N) is 2. The van der Waals surface area contributed by atoms with E-state index in [1.165, 1.54) is 17.0 Å². The molecule has 0 aliphatic rings. The summed E-state index contributed by atoms with van der Waals surface area (Å²) in [6.45, 7) is 10.9. The third kappa shape index (κ3) is 7.63. The van der Waals surface area contributed by atoms with Gasteiger partial charge in [0.1, 0.15) is 18.3 Å². The summed E-state index contributed by atoms with van der Waals surface area (Å²) < 4.78 is 34.8. The Kier molecular flexibility index (Phi) is 9.98. The highest BCUT2D eigenvalue weighted by Crippen LogP contribution is 2.33. The van der Waals surface area contributed by atoms with Crippen molar-refractivity contribution in [1.29, 1.82) is 0 Å². The highest BCUT2D eigenvalue weighted by atomic mass is 32.2. The van der Waals surface area contributed by atoms with E-state index in [1.807, 2.05) is 52.0 Å². The van der Waals surface area contributed by atoms with E-state index >= 15 is 0 Å². The number of rotatable bonds is 11. The number of amides is 2. The van der Waals surface area contributed by atoms with Crippen molar-refractivity contribution in [2.24, 2.45) is 0 Å². The van der Waals surface area contributed by atoms with Crippen LogP contribution in [0.4, 0.5) is 5.69 Å². The summed E-state index contributed by atoms with van der Waals surface area (Å²) in [5.74, 6) is -0.520. The van der Waals surface area contributed by atoms with Gasteiger partial charge in [-0.05, 0) is 76.9 Å². The van der Waals surface area contributed by atoms with Gasteiger partial charge in [0.2, 0.25) is 11.8 Å². The Bertz CT molecular complexity index is 1420. The topological polar surface area (TPSA) is 96.0 Å². The van der Waals surface area contributed by atoms with Gasteiger partial charge in [-0.1, -0.05) is 54.6 Å². The molecule has 3 rings (SSSR count). The van der Waals surface area contributed by atoms with E-state index in [2.05, 4.69) is 5.32 Å². The number of benzene rings is 3. The Morgan fingerprint density at radius 1 is 0.925 bits per heavy atom. The van der Waals surface area contributed by atoms with Crippen molar-refractivity contribution in [2.45, 2.75) is 64.6 Å². The third-order valence-electron chi connectivity index (χ3n) is 6.31. The molecule has 8 nitrogen and oxygen atoms in total. The van der Waals surface area contributed by atoms with Crippen LogP contribution in [0.25, 0.3) is 0 Å². The van der Waals surface area contributed by atoms with E-state index in [9.17, 15) is 18.0 Å². The van der Waals surface area contributed by atoms with Crippen molar-refractivity contribution in [3.63, 3.8) is 0 Å². The molecule has 3 aromatic carbocycles. The first kappa shape index (κ1) is 30.7. The van der Waals surface area contributed by atoms with Gasteiger partial charge >= 0.3 is 0 Å². The third-order valence-corrected chi connectivity index (χ3v) is 8.09. The largest absolute Gasteiger partial charge is 0.492 e. The van der Waals surface area contributed by atoms with Gasteiger partial charge in [0.05, 0.1) is 17.2 Å². The van der Waals surface area contributed by atoms with Crippen LogP contribution in [-0.2, 0) is 26.2 Å². The van der Waals surface area contributed by atoms with Crippen LogP contribution in [0.3, 0.4) is 0 Å². The smallest absolute Gasteiger partial charge is 0.264 e. The maximum atomic E-state index is 14.1. The number of carbonyl (C=O) groups is 2. The van der Waals surface area contributed by atoms with E-state index in [0.717, 1.165) is 15.4 Å². The number of para-hydroxylation sites is 2. The molecule has 0 heterocycles. The van der Waals surface area contributed by atoms with Gasteiger partial charge in [-0.15, -0.1) is 0 Å². The van der Waals surface area contributed by atoms with Crippen LogP contribution < -0.4 is 14.4 Å². The summed E-state index contributed by atoms with van der Waals surface area (Å²) in [5, 5.41) is 2.94. The van der Waals surface area contributed by atoms with Gasteiger partial charge in [-0.2, -0.15) is 0 Å². The Balaban J connectivity index is 2.09. The van der Waals surface area contributed by atoms with Gasteiger partial charge < -0.3 is 15.0 Å². The van der Waals surface area contributed by atoms with E-state index in [-0.39, 0.29) is 23.0 Å². The summed E-state index contributed by atoms with van der Waals surface area (Å²) in [4.78, 5) is 28.8. The average Bonchev–Trinajstić information content (AvgIpc) is 2.91. The normalized spacial score (nSPS) is 12.3. The van der Waals surface area contributed by atoms with E-state index in [0.29, 0.717) is 12.4 Å². The van der Waals surface area contributed by atoms with Crippen molar-refractivity contribution in [3.8, 4) is 5.75 Å². The molecule has 0 saturated carbocycles. The summed E-state index contributed by atoms with van der Waals surface area (Å²) in [6, 6.07) is 21.4. The van der Waals surface area contributed by atoms with Crippen LogP contribution in [0.1, 0.15) is 45.7 Å². The predicted octanol–water partition coefficient (Wildman–Crippen LogP) is 4.92. The van der Waals surface area contributed by atoms with Gasteiger partial charge in [0.25, 0.3) is 10.0 Å². The molecule has 0 aliphatic heterocycles. The van der Waals surface area contributed by atoms with Crippen LogP contribution in [0.2, 0.25) is 0 Å². The molecule has 40 heavy (non-hydrogen) atoms. The molecular weight excluding hydrogens is 526 g/mol. The molecule has 0 aromatic heterocycles. The quantitative estimate of drug-likeness (QED) is 0.356. The van der Waals surface area contributed by atoms with E-state index in [1.54, 1.807) is 56.3 Å². The minimum Gasteiger partial charge on any atom is -0.492 e. The van der Waals surface area contributed by atoms with Crippen LogP contribution in [-0.4, -0.2) is 49.9 Å². The Morgan fingerprint density at radius 2 is 1.52 bits per heavy atom. The first-order chi connectivity index (χ1) is 18.8. The Hall–Kier alpha value is -3.85. The molecule has 0 saturated heterocycles. The van der Waals surface area contributed by atoms with Gasteiger partial charge in [0, 0.05) is 12.1 Å². The van der Waals surface area contributed by atoms with Crippen LogP contribution in [0, 0.1) is 6.92 Å². The molecule has 3 aromatic rings. The van der Waals surface area contributed by atoms with Gasteiger partial charge in [0.15, 0.2) is 0 Å². The number of sulfonamides is 1. The monoisotopic (exact) mass is 565 g/mol. The number of aryl methyl sites for hydroxylation is 1. The number of hydrogen-bond acceptors (Lipinski definition) is 5. The van der Waals surface area contributed by atoms with Crippen molar-refractivity contribution in [1.82, 2.24) is 10.2 Å². The predicted molar refractivity (Wildman–Crippen MR) is 158 cm³/mol. The minimum atomic E-state index is -4.17. The second kappa shape index (κ2) is 13.0. The summed E-state index contributed by atoms with van der Waals surface area (Å²) in [6.07, 6.45) is 0. The number of carbonyl (C=O) groups excluding carboxylic acids is 2. The van der Waals surface area contributed by atoms with Crippen LogP contribution in [0.15, 0.2) is 83.8 Å². The molecule has 0 radical (unpaired) electrons. The average molecular weight is 566 g/mol. The standard InChI is InChI=1S/C31H39N3O5S/c1-7-39-28-20-14-13-19-27(28)34(40(37,38)26-17-9-8-10-18-26)22-29(35)33(21-25-16-12-11-15-23(25)2)24(3)30(36)32-31(4,5)6/h8-20,24H,7,21-22H2,1-6H3,(H,32,36)/t24-/m1/s1. The Morgan fingerprint density at radius 3 is 2.15 bits per heavy atom. The van der Waals surface area contributed by atoms with E-state index in [4.69, 9.17) is 4.74 Å². The molecular formula is C31H39N3O5S. The number of ether oxygens (including phenoxy) is 1. The molecule has 1 N–H and O–H groups in total. The lowest BCUT2D eigenvalue weighted by molar-refractivity contribution is -0.140. The molecule has 1 atom stereocenters. The highest BCUT2D eigenvalue weighted by molar-refractivity contribution is 7.92. The lowest BCUT2D eigenvalue weighted by atomic mass is 10.1. The van der Waals surface area contributed by atoms with Crippen molar-refractivity contribution in [2.75, 3.05) is 17.5 Å². The lowest BCUT2D eigenvalue weighted by Crippen LogP contribution is -2.54. The zero-order chi connectivity index (χ0) is 29.5. The van der Waals surface area contributed by atoms with Crippen molar-refractivity contribution in [3.05, 3.63) is 90.0 Å². The number of nitrogens with one attached hydrogen (secondary N) is 1. The van der Waals surface area contributed by atoms with E-state index < -0.39 is 34.1 Å². The molecule has 0 unspecified atom stereocenters. The molecule has 0 fully saturated rings. The van der Waals surface area contributed by atoms with Crippen LogP contribution in [0.5, 0.6) is 5.75 Å². The fourth-order valence-corrected chi connectivity index (χ4v) is 5.65. The molecule has 0 bridgehead atoms. The molecule has 0 aliphatic carbocycles. The summed E-state index contributed by atoms with van der Waals surface area (Å²) in [7, 11) is -4.17. The second-order valence-corrected chi connectivity index (χ2v) is 12.5. The molecule has 214 valence electrons. The van der Waals surface area contributed by atoms with Crippen molar-refractivity contribution < 1.29 is 22.7 Å². The van der Waals surface area contributed by atoms with Crippen LogP contribution >= 0.6 is 0 Å². The zero-order valence-corrected chi connectivity index (χ0v) is 24.9. The zero-order valence-electron chi connectivity index (χ0n) is 24.0. The summed E-state index contributed by atoms with van der Waals surface area (Å²) >= 11 is 0. The highest BCUT2D eigenvalue weighted by Gasteiger charge is 2.34. The van der Waals surface area contributed by atoms with Gasteiger partial charge in [-0.3, -0.25) is 13.9 Å². The maximum absolute atomic E-state index is 14.1. The first-order valence-corrected chi connectivity index (χ1v) is 14.7. The molecule has 9 heteroatoms. The maximum Gasteiger partial charge on any atom is 0.264 e. The fraction of sp³-hybridized carbons (Fsp3) is 0.355. The number of hydrogen-bond donors (Lipinski definition) is 1. The van der Waals surface area contributed by atoms with Gasteiger partial charge in [-0.25, -0.2) is 8.42 Å². The molecule has 0 spiro atoms. The van der Waals surface area contributed by atoms with Crippen molar-refractivity contribution >= 4 is 27.5 Å². The SMILES string of the molecule is CCOc1ccccc1N(CC(=O)N(Cc1ccccc1C)[C@H](C)C(=O)NC(C)(C)C)S(=O)(=O)c1ccccc1.